The van der Waals surface area contributed by atoms with Crippen LogP contribution in [0.2, 0.25) is 0 Å². The number of ether oxygens (including phenoxy) is 1. The van der Waals surface area contributed by atoms with E-state index in [0.29, 0.717) is 19.3 Å². The minimum atomic E-state index is -1.38. The van der Waals surface area contributed by atoms with E-state index < -0.39 is 24.5 Å². The van der Waals surface area contributed by atoms with Crippen LogP contribution in [0.4, 0.5) is 0 Å². The normalized spacial score (nSPS) is 12.7. The zero-order valence-corrected chi connectivity index (χ0v) is 32.6. The van der Waals surface area contributed by atoms with Crippen molar-refractivity contribution in [1.82, 2.24) is 10.6 Å². The quantitative estimate of drug-likeness (QED) is 0.0284. The molecule has 0 aliphatic carbocycles. The van der Waals surface area contributed by atoms with E-state index in [1.165, 1.54) is 96.3 Å². The van der Waals surface area contributed by atoms with Crippen molar-refractivity contribution in [2.24, 2.45) is 0 Å². The largest absolute Gasteiger partial charge is 0.480 e. The van der Waals surface area contributed by atoms with Gasteiger partial charge in [-0.05, 0) is 51.0 Å². The Kier molecular flexibility index (Phi) is 35.1. The molecule has 0 aromatic rings. The average Bonchev–Trinajstić information content (AvgIpc) is 3.11. The second-order valence-electron chi connectivity index (χ2n) is 14.1. The number of unbranched alkanes of at least 4 members (excludes halogenated alkanes) is 21. The Hall–Kier alpha value is -2.68. The van der Waals surface area contributed by atoms with Crippen LogP contribution in [0.25, 0.3) is 0 Å². The Labute approximate surface area is 311 Å². The van der Waals surface area contributed by atoms with E-state index in [9.17, 15) is 19.2 Å². The molecule has 9 nitrogen and oxygen atoms in total. The van der Waals surface area contributed by atoms with Gasteiger partial charge in [-0.3, -0.25) is 14.4 Å². The number of carboxylic acid groups (broad SMARTS) is 1. The highest BCUT2D eigenvalue weighted by Crippen LogP contribution is 2.16. The topological polar surface area (TPSA) is 142 Å². The molecule has 0 rings (SSSR count). The molecule has 0 aliphatic heterocycles. The minimum absolute atomic E-state index is 0.0925. The van der Waals surface area contributed by atoms with E-state index in [0.717, 1.165) is 64.2 Å². The zero-order valence-electron chi connectivity index (χ0n) is 32.6. The number of hydrogen-bond acceptors (Lipinski definition) is 6. The highest BCUT2D eigenvalue weighted by atomic mass is 16.5. The number of carbonyl (C=O) groups excluding carboxylic acids is 3. The first-order chi connectivity index (χ1) is 24.8. The fraction of sp³-hybridized carbons (Fsp3) is 0.810. The maximum atomic E-state index is 12.7. The number of rotatable bonds is 37. The molecule has 0 bridgehead atoms. The molecule has 2 amide bonds. The Morgan fingerprint density at radius 1 is 0.608 bits per heavy atom. The number of esters is 1. The van der Waals surface area contributed by atoms with E-state index >= 15 is 0 Å². The predicted octanol–water partition coefficient (Wildman–Crippen LogP) is 9.65. The Morgan fingerprint density at radius 2 is 1.12 bits per heavy atom. The third-order valence-electron chi connectivity index (χ3n) is 9.19. The Morgan fingerprint density at radius 3 is 1.67 bits per heavy atom. The van der Waals surface area contributed by atoms with Crippen molar-refractivity contribution < 1.29 is 34.1 Å². The van der Waals surface area contributed by atoms with Gasteiger partial charge in [-0.2, -0.15) is 0 Å². The SMILES string of the molecule is CCCCCC/C=C\C/C=C\C(CCCCCCCCC(=O)NCC(=O)NC(CO)C(=O)O)OC(=O)CCCCCCCCCCCCCCC. The van der Waals surface area contributed by atoms with Gasteiger partial charge in [0.2, 0.25) is 11.8 Å². The van der Waals surface area contributed by atoms with E-state index in [1.54, 1.807) is 0 Å². The number of aliphatic carboxylic acids is 1. The van der Waals surface area contributed by atoms with Crippen LogP contribution < -0.4 is 10.6 Å². The van der Waals surface area contributed by atoms with Crippen LogP contribution in [0.1, 0.15) is 194 Å². The molecule has 0 fully saturated rings. The number of carboxylic acids is 1. The molecular formula is C42H76N2O7. The van der Waals surface area contributed by atoms with Gasteiger partial charge >= 0.3 is 11.9 Å². The molecule has 0 heterocycles. The van der Waals surface area contributed by atoms with Gasteiger partial charge in [-0.25, -0.2) is 4.79 Å². The van der Waals surface area contributed by atoms with Gasteiger partial charge in [0.05, 0.1) is 13.2 Å². The molecule has 4 N–H and O–H groups in total. The highest BCUT2D eigenvalue weighted by Gasteiger charge is 2.18. The maximum absolute atomic E-state index is 12.7. The number of aliphatic hydroxyl groups excluding tert-OH is 1. The van der Waals surface area contributed by atoms with Gasteiger partial charge in [0, 0.05) is 12.8 Å². The van der Waals surface area contributed by atoms with Crippen molar-refractivity contribution in [3.05, 3.63) is 24.3 Å². The second-order valence-corrected chi connectivity index (χ2v) is 14.1. The van der Waals surface area contributed by atoms with E-state index in [-0.39, 0.29) is 24.5 Å². The van der Waals surface area contributed by atoms with E-state index in [1.807, 2.05) is 0 Å². The number of nitrogens with one attached hydrogen (secondary N) is 2. The molecule has 0 spiro atoms. The molecule has 9 heteroatoms. The summed E-state index contributed by atoms with van der Waals surface area (Å²) in [7, 11) is 0. The molecule has 0 saturated heterocycles. The van der Waals surface area contributed by atoms with Crippen LogP contribution in [0.3, 0.4) is 0 Å². The summed E-state index contributed by atoms with van der Waals surface area (Å²) in [5.41, 5.74) is 0. The van der Waals surface area contributed by atoms with Crippen LogP contribution in [0.5, 0.6) is 0 Å². The van der Waals surface area contributed by atoms with Gasteiger partial charge in [-0.1, -0.05) is 154 Å². The lowest BCUT2D eigenvalue weighted by molar-refractivity contribution is -0.147. The van der Waals surface area contributed by atoms with Crippen molar-refractivity contribution in [2.45, 2.75) is 206 Å². The summed E-state index contributed by atoms with van der Waals surface area (Å²) >= 11 is 0. The Bertz CT molecular complexity index is 921. The summed E-state index contributed by atoms with van der Waals surface area (Å²) < 4.78 is 5.92. The standard InChI is InChI=1S/C42H76N2O7/c1-3-5-7-9-11-13-14-15-16-18-20-26-30-34-41(48)51-37(31-27-23-19-17-12-10-8-6-4-2)32-28-24-21-22-25-29-33-39(46)43-35-40(47)44-38(36-45)42(49)50/h17,19,27,31,37-38,45H,3-16,18,20-26,28-30,32-36H2,1-2H3,(H,43,46)(H,44,47)(H,49,50)/b19-17-,31-27-. The van der Waals surface area contributed by atoms with Gasteiger partial charge in [0.1, 0.15) is 12.1 Å². The van der Waals surface area contributed by atoms with Crippen LogP contribution in [0, 0.1) is 0 Å². The van der Waals surface area contributed by atoms with E-state index in [2.05, 4.69) is 48.8 Å². The molecule has 0 saturated carbocycles. The molecule has 0 aromatic carbocycles. The first kappa shape index (κ1) is 48.3. The molecule has 296 valence electrons. The van der Waals surface area contributed by atoms with Crippen LogP contribution in [-0.4, -0.2) is 59.3 Å². The smallest absolute Gasteiger partial charge is 0.328 e. The van der Waals surface area contributed by atoms with Gasteiger partial charge < -0.3 is 25.6 Å². The first-order valence-electron chi connectivity index (χ1n) is 20.7. The van der Waals surface area contributed by atoms with Crippen molar-refractivity contribution in [3.63, 3.8) is 0 Å². The molecule has 51 heavy (non-hydrogen) atoms. The fourth-order valence-electron chi connectivity index (χ4n) is 5.96. The van der Waals surface area contributed by atoms with Crippen molar-refractivity contribution in [2.75, 3.05) is 13.2 Å². The number of aliphatic hydroxyl groups is 1. The first-order valence-corrected chi connectivity index (χ1v) is 20.7. The third-order valence-corrected chi connectivity index (χ3v) is 9.19. The number of allylic oxidation sites excluding steroid dienone is 3. The van der Waals surface area contributed by atoms with Gasteiger partial charge in [-0.15, -0.1) is 0 Å². The average molecular weight is 721 g/mol. The molecular weight excluding hydrogens is 644 g/mol. The van der Waals surface area contributed by atoms with Crippen LogP contribution in [0.15, 0.2) is 24.3 Å². The van der Waals surface area contributed by atoms with Crippen molar-refractivity contribution in [3.8, 4) is 0 Å². The second kappa shape index (κ2) is 37.1. The zero-order chi connectivity index (χ0) is 37.6. The molecule has 2 atom stereocenters. The fourth-order valence-corrected chi connectivity index (χ4v) is 5.96. The maximum Gasteiger partial charge on any atom is 0.328 e. The molecule has 0 aliphatic rings. The molecule has 2 unspecified atom stereocenters. The molecule has 0 radical (unpaired) electrons. The minimum Gasteiger partial charge on any atom is -0.480 e. The van der Waals surface area contributed by atoms with Crippen molar-refractivity contribution in [1.29, 1.82) is 0 Å². The van der Waals surface area contributed by atoms with E-state index in [4.69, 9.17) is 14.9 Å². The summed E-state index contributed by atoms with van der Waals surface area (Å²) in [6, 6.07) is -1.38. The summed E-state index contributed by atoms with van der Waals surface area (Å²) in [6.45, 7) is 3.45. The highest BCUT2D eigenvalue weighted by molar-refractivity contribution is 5.87. The van der Waals surface area contributed by atoms with Crippen LogP contribution >= 0.6 is 0 Å². The van der Waals surface area contributed by atoms with Gasteiger partial charge in [0.15, 0.2) is 0 Å². The number of hydrogen-bond donors (Lipinski definition) is 4. The lowest BCUT2D eigenvalue weighted by atomic mass is 10.0. The third kappa shape index (κ3) is 34.2. The van der Waals surface area contributed by atoms with Gasteiger partial charge in [0.25, 0.3) is 0 Å². The summed E-state index contributed by atoms with van der Waals surface area (Å²) in [4.78, 5) is 47.3. The number of carbonyl (C=O) groups is 4. The monoisotopic (exact) mass is 721 g/mol. The summed E-state index contributed by atoms with van der Waals surface area (Å²) in [5, 5.41) is 22.5. The number of amides is 2. The summed E-state index contributed by atoms with van der Waals surface area (Å²) in [6.07, 6.45) is 39.4. The molecule has 0 aromatic heterocycles. The predicted molar refractivity (Wildman–Crippen MR) is 208 cm³/mol. The van der Waals surface area contributed by atoms with Crippen molar-refractivity contribution >= 4 is 23.8 Å². The van der Waals surface area contributed by atoms with Crippen LogP contribution in [-0.2, 0) is 23.9 Å². The lowest BCUT2D eigenvalue weighted by Gasteiger charge is -2.15. The summed E-state index contributed by atoms with van der Waals surface area (Å²) in [5.74, 6) is -2.34. The Balaban J connectivity index is 4.29. The lowest BCUT2D eigenvalue weighted by Crippen LogP contribution is -2.47.